The Bertz CT molecular complexity index is 511. The van der Waals surface area contributed by atoms with Crippen LogP contribution in [-0.4, -0.2) is 33.4 Å². The van der Waals surface area contributed by atoms with Crippen LogP contribution >= 0.6 is 0 Å². The third kappa shape index (κ3) is 2.70. The van der Waals surface area contributed by atoms with Crippen molar-refractivity contribution in [3.05, 3.63) is 23.8 Å². The summed E-state index contributed by atoms with van der Waals surface area (Å²) in [6.45, 7) is 0.941. The maximum atomic E-state index is 11.7. The molecule has 6 heteroatoms. The van der Waals surface area contributed by atoms with Crippen molar-refractivity contribution in [2.75, 3.05) is 30.7 Å². The SMILES string of the molecule is CN(C)S(=O)(=O)Nc1ccc2c(c1)NCCC2. The summed E-state index contributed by atoms with van der Waals surface area (Å²) in [5, 5.41) is 3.27. The minimum absolute atomic E-state index is 0.590. The molecule has 0 bridgehead atoms. The third-order valence-electron chi connectivity index (χ3n) is 2.78. The summed E-state index contributed by atoms with van der Waals surface area (Å²) in [5.74, 6) is 0. The van der Waals surface area contributed by atoms with Crippen molar-refractivity contribution in [3.8, 4) is 0 Å². The molecule has 94 valence electrons. The summed E-state index contributed by atoms with van der Waals surface area (Å²) in [5.41, 5.74) is 2.85. The van der Waals surface area contributed by atoms with Crippen molar-refractivity contribution >= 4 is 21.6 Å². The van der Waals surface area contributed by atoms with E-state index in [0.717, 1.165) is 29.4 Å². The van der Waals surface area contributed by atoms with E-state index in [-0.39, 0.29) is 0 Å². The zero-order valence-electron chi connectivity index (χ0n) is 10.0. The number of hydrogen-bond acceptors (Lipinski definition) is 3. The van der Waals surface area contributed by atoms with E-state index in [2.05, 4.69) is 10.0 Å². The van der Waals surface area contributed by atoms with Gasteiger partial charge in [0, 0.05) is 26.3 Å². The van der Waals surface area contributed by atoms with Crippen LogP contribution in [-0.2, 0) is 16.6 Å². The van der Waals surface area contributed by atoms with Gasteiger partial charge in [-0.05, 0) is 30.5 Å². The molecule has 0 unspecified atom stereocenters. The maximum Gasteiger partial charge on any atom is 0.301 e. The first kappa shape index (κ1) is 12.2. The van der Waals surface area contributed by atoms with Gasteiger partial charge in [0.15, 0.2) is 0 Å². The Morgan fingerprint density at radius 2 is 2.12 bits per heavy atom. The third-order valence-corrected chi connectivity index (χ3v) is 4.23. The fourth-order valence-corrected chi connectivity index (χ4v) is 2.37. The molecule has 0 saturated carbocycles. The van der Waals surface area contributed by atoms with Gasteiger partial charge in [0.2, 0.25) is 0 Å². The second kappa shape index (κ2) is 4.54. The molecule has 2 rings (SSSR count). The van der Waals surface area contributed by atoms with Crippen LogP contribution in [0.1, 0.15) is 12.0 Å². The molecule has 0 aromatic heterocycles. The number of aryl methyl sites for hydroxylation is 1. The zero-order chi connectivity index (χ0) is 12.5. The topological polar surface area (TPSA) is 61.4 Å². The lowest BCUT2D eigenvalue weighted by Gasteiger charge is -2.20. The largest absolute Gasteiger partial charge is 0.385 e. The van der Waals surface area contributed by atoms with Crippen LogP contribution in [0.15, 0.2) is 18.2 Å². The van der Waals surface area contributed by atoms with Gasteiger partial charge in [-0.25, -0.2) is 0 Å². The highest BCUT2D eigenvalue weighted by atomic mass is 32.2. The van der Waals surface area contributed by atoms with E-state index < -0.39 is 10.2 Å². The van der Waals surface area contributed by atoms with E-state index in [9.17, 15) is 8.42 Å². The van der Waals surface area contributed by atoms with Gasteiger partial charge < -0.3 is 5.32 Å². The van der Waals surface area contributed by atoms with Crippen LogP contribution < -0.4 is 10.0 Å². The molecule has 1 heterocycles. The molecule has 0 spiro atoms. The number of nitrogens with zero attached hydrogens (tertiary/aromatic N) is 1. The van der Waals surface area contributed by atoms with E-state index in [0.29, 0.717) is 5.69 Å². The van der Waals surface area contributed by atoms with Gasteiger partial charge in [-0.3, -0.25) is 4.72 Å². The number of rotatable bonds is 3. The number of fused-ring (bicyclic) bond motifs is 1. The molecule has 1 aromatic carbocycles. The van der Waals surface area contributed by atoms with E-state index in [1.165, 1.54) is 19.7 Å². The fraction of sp³-hybridized carbons (Fsp3) is 0.455. The van der Waals surface area contributed by atoms with Crippen LogP contribution in [0.2, 0.25) is 0 Å². The molecule has 0 fully saturated rings. The molecule has 1 aliphatic heterocycles. The molecule has 0 aliphatic carbocycles. The Kier molecular flexibility index (Phi) is 3.26. The molecule has 0 amide bonds. The average molecular weight is 255 g/mol. The zero-order valence-corrected chi connectivity index (χ0v) is 10.8. The molecule has 0 radical (unpaired) electrons. The molecule has 1 aliphatic rings. The highest BCUT2D eigenvalue weighted by Gasteiger charge is 2.14. The summed E-state index contributed by atoms with van der Waals surface area (Å²) in [6, 6.07) is 5.61. The van der Waals surface area contributed by atoms with E-state index in [1.807, 2.05) is 12.1 Å². The summed E-state index contributed by atoms with van der Waals surface area (Å²) in [6.07, 6.45) is 2.17. The average Bonchev–Trinajstić information content (AvgIpc) is 2.28. The Balaban J connectivity index is 2.23. The summed E-state index contributed by atoms with van der Waals surface area (Å²) < 4.78 is 27.0. The lowest BCUT2D eigenvalue weighted by Crippen LogP contribution is -2.29. The Hall–Kier alpha value is -1.27. The van der Waals surface area contributed by atoms with Gasteiger partial charge in [0.25, 0.3) is 0 Å². The van der Waals surface area contributed by atoms with Crippen LogP contribution in [0.3, 0.4) is 0 Å². The van der Waals surface area contributed by atoms with E-state index in [1.54, 1.807) is 6.07 Å². The second-order valence-corrected chi connectivity index (χ2v) is 6.18. The summed E-state index contributed by atoms with van der Waals surface area (Å²) in [7, 11) is -0.424. The van der Waals surface area contributed by atoms with Crippen LogP contribution in [0.5, 0.6) is 0 Å². The lowest BCUT2D eigenvalue weighted by atomic mass is 10.0. The number of benzene rings is 1. The van der Waals surface area contributed by atoms with Crippen LogP contribution in [0.25, 0.3) is 0 Å². The molecule has 0 saturated heterocycles. The van der Waals surface area contributed by atoms with Gasteiger partial charge in [0.05, 0.1) is 5.69 Å². The van der Waals surface area contributed by atoms with Crippen LogP contribution in [0.4, 0.5) is 11.4 Å². The number of hydrogen-bond donors (Lipinski definition) is 2. The van der Waals surface area contributed by atoms with Gasteiger partial charge >= 0.3 is 10.2 Å². The van der Waals surface area contributed by atoms with Crippen molar-refractivity contribution in [2.45, 2.75) is 12.8 Å². The first-order valence-corrected chi connectivity index (χ1v) is 7.00. The maximum absolute atomic E-state index is 11.7. The Morgan fingerprint density at radius 1 is 1.35 bits per heavy atom. The number of nitrogens with one attached hydrogen (secondary N) is 2. The van der Waals surface area contributed by atoms with Crippen molar-refractivity contribution in [2.24, 2.45) is 0 Å². The van der Waals surface area contributed by atoms with Crippen molar-refractivity contribution in [3.63, 3.8) is 0 Å². The lowest BCUT2D eigenvalue weighted by molar-refractivity contribution is 0.527. The van der Waals surface area contributed by atoms with Gasteiger partial charge in [-0.1, -0.05) is 6.07 Å². The summed E-state index contributed by atoms with van der Waals surface area (Å²) >= 11 is 0. The monoisotopic (exact) mass is 255 g/mol. The molecule has 1 aromatic rings. The molecular formula is C11H17N3O2S. The molecule has 17 heavy (non-hydrogen) atoms. The first-order chi connectivity index (χ1) is 7.99. The molecular weight excluding hydrogens is 238 g/mol. The van der Waals surface area contributed by atoms with Gasteiger partial charge in [-0.15, -0.1) is 0 Å². The Morgan fingerprint density at radius 3 is 2.82 bits per heavy atom. The van der Waals surface area contributed by atoms with Gasteiger partial charge in [0.1, 0.15) is 0 Å². The highest BCUT2D eigenvalue weighted by Crippen LogP contribution is 2.25. The van der Waals surface area contributed by atoms with Crippen LogP contribution in [0, 0.1) is 0 Å². The highest BCUT2D eigenvalue weighted by molar-refractivity contribution is 7.90. The first-order valence-electron chi connectivity index (χ1n) is 5.56. The van der Waals surface area contributed by atoms with Gasteiger partial charge in [-0.2, -0.15) is 12.7 Å². The van der Waals surface area contributed by atoms with Crippen molar-refractivity contribution < 1.29 is 8.42 Å². The van der Waals surface area contributed by atoms with E-state index in [4.69, 9.17) is 0 Å². The fourth-order valence-electron chi connectivity index (χ4n) is 1.76. The second-order valence-electron chi connectivity index (χ2n) is 4.29. The molecule has 2 N–H and O–H groups in total. The smallest absolute Gasteiger partial charge is 0.301 e. The normalized spacial score (nSPS) is 15.2. The quantitative estimate of drug-likeness (QED) is 0.855. The predicted molar refractivity (Wildman–Crippen MR) is 69.5 cm³/mol. The Labute approximate surface area is 102 Å². The number of anilines is 2. The van der Waals surface area contributed by atoms with Crippen molar-refractivity contribution in [1.82, 2.24) is 4.31 Å². The predicted octanol–water partition coefficient (Wildman–Crippen LogP) is 1.26. The minimum Gasteiger partial charge on any atom is -0.385 e. The van der Waals surface area contributed by atoms with E-state index >= 15 is 0 Å². The summed E-state index contributed by atoms with van der Waals surface area (Å²) in [4.78, 5) is 0. The molecule has 0 atom stereocenters. The minimum atomic E-state index is -3.42. The standard InChI is InChI=1S/C11H17N3O2S/c1-14(2)17(15,16)13-10-6-5-9-4-3-7-12-11(9)8-10/h5-6,8,12-13H,3-4,7H2,1-2H3. The van der Waals surface area contributed by atoms with Crippen molar-refractivity contribution in [1.29, 1.82) is 0 Å². The molecule has 5 nitrogen and oxygen atoms in total.